The number of ether oxygens (including phenoxy) is 1. The number of rotatable bonds is 3. The van der Waals surface area contributed by atoms with Gasteiger partial charge < -0.3 is 15.7 Å². The van der Waals surface area contributed by atoms with Gasteiger partial charge in [0.25, 0.3) is 0 Å². The first-order valence-electron chi connectivity index (χ1n) is 6.01. The van der Waals surface area contributed by atoms with Gasteiger partial charge in [-0.3, -0.25) is 4.98 Å². The number of aryl methyl sites for hydroxylation is 2. The molecule has 2 rings (SSSR count). The average molecular weight is 326 g/mol. The molecule has 1 aromatic carbocycles. The minimum absolute atomic E-state index is 0.0833. The first kappa shape index (κ1) is 15.4. The van der Waals surface area contributed by atoms with Gasteiger partial charge in [0.2, 0.25) is 0 Å². The summed E-state index contributed by atoms with van der Waals surface area (Å²) in [6.45, 7) is 3.57. The predicted octanol–water partition coefficient (Wildman–Crippen LogP) is 3.89. The quantitative estimate of drug-likeness (QED) is 0.388. The van der Waals surface area contributed by atoms with Gasteiger partial charge in [-0.25, -0.2) is 0 Å². The van der Waals surface area contributed by atoms with Gasteiger partial charge in [-0.15, -0.1) is 0 Å². The molecule has 110 valence electrons. The number of oxime groups is 1. The fourth-order valence-electron chi connectivity index (χ4n) is 1.91. The second kappa shape index (κ2) is 6.20. The Hall–Kier alpha value is -1.98. The van der Waals surface area contributed by atoms with Crippen LogP contribution in [-0.4, -0.2) is 16.0 Å². The molecule has 0 saturated carbocycles. The summed E-state index contributed by atoms with van der Waals surface area (Å²) < 4.78 is 5.78. The van der Waals surface area contributed by atoms with E-state index in [4.69, 9.17) is 38.9 Å². The highest BCUT2D eigenvalue weighted by atomic mass is 35.5. The fourth-order valence-corrected chi connectivity index (χ4v) is 2.36. The highest BCUT2D eigenvalue weighted by Crippen LogP contribution is 2.34. The summed E-state index contributed by atoms with van der Waals surface area (Å²) in [5.74, 6) is 0.734. The van der Waals surface area contributed by atoms with Crippen molar-refractivity contribution in [2.24, 2.45) is 10.9 Å². The molecule has 0 fully saturated rings. The SMILES string of the molecule is Cc1cc(Oc2ccc(Cl)cc2Cl)c(/C(N)=N/O)c(C)n1. The van der Waals surface area contributed by atoms with Crippen LogP contribution in [0.1, 0.15) is 17.0 Å². The molecule has 1 aromatic heterocycles. The number of nitrogens with zero attached hydrogens (tertiary/aromatic N) is 2. The van der Waals surface area contributed by atoms with E-state index >= 15 is 0 Å². The number of hydrogen-bond acceptors (Lipinski definition) is 4. The van der Waals surface area contributed by atoms with Gasteiger partial charge in [-0.2, -0.15) is 0 Å². The zero-order valence-corrected chi connectivity index (χ0v) is 12.9. The van der Waals surface area contributed by atoms with Crippen molar-refractivity contribution in [1.82, 2.24) is 4.98 Å². The van der Waals surface area contributed by atoms with Crippen molar-refractivity contribution >= 4 is 29.0 Å². The van der Waals surface area contributed by atoms with E-state index in [2.05, 4.69) is 10.1 Å². The highest BCUT2D eigenvalue weighted by molar-refractivity contribution is 6.35. The van der Waals surface area contributed by atoms with E-state index in [1.54, 1.807) is 31.2 Å². The van der Waals surface area contributed by atoms with Crippen LogP contribution in [0.4, 0.5) is 0 Å². The molecule has 2 aromatic rings. The zero-order valence-electron chi connectivity index (χ0n) is 11.4. The smallest absolute Gasteiger partial charge is 0.175 e. The highest BCUT2D eigenvalue weighted by Gasteiger charge is 2.16. The molecule has 0 aliphatic carbocycles. The Labute approximate surface area is 132 Å². The second-order valence-corrected chi connectivity index (χ2v) is 5.23. The van der Waals surface area contributed by atoms with Gasteiger partial charge in [0.15, 0.2) is 5.84 Å². The van der Waals surface area contributed by atoms with Crippen molar-refractivity contribution in [3.8, 4) is 11.5 Å². The molecule has 5 nitrogen and oxygen atoms in total. The van der Waals surface area contributed by atoms with Crippen LogP contribution in [0.25, 0.3) is 0 Å². The van der Waals surface area contributed by atoms with Crippen LogP contribution in [0.5, 0.6) is 11.5 Å². The van der Waals surface area contributed by atoms with E-state index in [-0.39, 0.29) is 5.84 Å². The van der Waals surface area contributed by atoms with Crippen LogP contribution in [0.2, 0.25) is 10.0 Å². The Morgan fingerprint density at radius 2 is 1.95 bits per heavy atom. The number of amidine groups is 1. The Kier molecular flexibility index (Phi) is 4.55. The van der Waals surface area contributed by atoms with Gasteiger partial charge in [0.05, 0.1) is 16.3 Å². The molecule has 1 heterocycles. The van der Waals surface area contributed by atoms with E-state index in [0.717, 1.165) is 5.69 Å². The summed E-state index contributed by atoms with van der Waals surface area (Å²) in [6.07, 6.45) is 0. The topological polar surface area (TPSA) is 80.7 Å². The Balaban J connectivity index is 2.53. The van der Waals surface area contributed by atoms with Crippen molar-refractivity contribution in [3.63, 3.8) is 0 Å². The number of nitrogens with two attached hydrogens (primary N) is 1. The molecule has 0 radical (unpaired) electrons. The largest absolute Gasteiger partial charge is 0.455 e. The fraction of sp³-hybridized carbons (Fsp3) is 0.143. The maximum absolute atomic E-state index is 8.90. The molecule has 21 heavy (non-hydrogen) atoms. The first-order chi connectivity index (χ1) is 9.92. The Bertz CT molecular complexity index is 718. The van der Waals surface area contributed by atoms with E-state index in [1.165, 1.54) is 0 Å². The summed E-state index contributed by atoms with van der Waals surface area (Å²) in [6, 6.07) is 6.56. The van der Waals surface area contributed by atoms with Gasteiger partial charge in [0.1, 0.15) is 11.5 Å². The van der Waals surface area contributed by atoms with Gasteiger partial charge in [-0.1, -0.05) is 28.4 Å². The molecule has 0 atom stereocenters. The second-order valence-electron chi connectivity index (χ2n) is 4.38. The van der Waals surface area contributed by atoms with Gasteiger partial charge >= 0.3 is 0 Å². The summed E-state index contributed by atoms with van der Waals surface area (Å²) in [7, 11) is 0. The van der Waals surface area contributed by atoms with E-state index in [9.17, 15) is 0 Å². The molecule has 0 aliphatic rings. The predicted molar refractivity (Wildman–Crippen MR) is 82.8 cm³/mol. The molecular formula is C14H13Cl2N3O2. The minimum atomic E-state index is -0.0833. The number of hydrogen-bond donors (Lipinski definition) is 2. The first-order valence-corrected chi connectivity index (χ1v) is 6.77. The van der Waals surface area contributed by atoms with Crippen molar-refractivity contribution in [2.75, 3.05) is 0 Å². The molecule has 0 amide bonds. The summed E-state index contributed by atoms with van der Waals surface area (Å²) >= 11 is 11.9. The molecule has 0 bridgehead atoms. The average Bonchev–Trinajstić information content (AvgIpc) is 2.40. The molecule has 0 unspecified atom stereocenters. The van der Waals surface area contributed by atoms with Crippen molar-refractivity contribution in [1.29, 1.82) is 0 Å². The summed E-state index contributed by atoms with van der Waals surface area (Å²) in [4.78, 5) is 4.28. The van der Waals surface area contributed by atoms with Crippen molar-refractivity contribution in [3.05, 3.63) is 51.3 Å². The minimum Gasteiger partial charge on any atom is -0.455 e. The third-order valence-corrected chi connectivity index (χ3v) is 3.30. The van der Waals surface area contributed by atoms with Crippen LogP contribution >= 0.6 is 23.2 Å². The lowest BCUT2D eigenvalue weighted by molar-refractivity contribution is 0.318. The normalized spacial score (nSPS) is 11.5. The van der Waals surface area contributed by atoms with Crippen LogP contribution in [0.3, 0.4) is 0 Å². The number of pyridine rings is 1. The molecule has 3 N–H and O–H groups in total. The maximum atomic E-state index is 8.90. The van der Waals surface area contributed by atoms with Crippen molar-refractivity contribution in [2.45, 2.75) is 13.8 Å². The van der Waals surface area contributed by atoms with Gasteiger partial charge in [-0.05, 0) is 32.0 Å². The summed E-state index contributed by atoms with van der Waals surface area (Å²) in [5, 5.41) is 12.8. The molecule has 0 aliphatic heterocycles. The molecule has 0 spiro atoms. The third kappa shape index (κ3) is 3.37. The van der Waals surface area contributed by atoms with Crippen LogP contribution in [0, 0.1) is 13.8 Å². The van der Waals surface area contributed by atoms with Crippen LogP contribution < -0.4 is 10.5 Å². The zero-order chi connectivity index (χ0) is 15.6. The maximum Gasteiger partial charge on any atom is 0.175 e. The molecule has 7 heteroatoms. The molecule has 0 saturated heterocycles. The third-order valence-electron chi connectivity index (χ3n) is 2.77. The number of benzene rings is 1. The Morgan fingerprint density at radius 1 is 1.24 bits per heavy atom. The lowest BCUT2D eigenvalue weighted by Gasteiger charge is -2.14. The lowest BCUT2D eigenvalue weighted by atomic mass is 10.1. The van der Waals surface area contributed by atoms with Crippen LogP contribution in [0.15, 0.2) is 29.4 Å². The van der Waals surface area contributed by atoms with Crippen LogP contribution in [-0.2, 0) is 0 Å². The van der Waals surface area contributed by atoms with Gasteiger partial charge in [0, 0.05) is 16.8 Å². The Morgan fingerprint density at radius 3 is 2.57 bits per heavy atom. The number of aromatic nitrogens is 1. The lowest BCUT2D eigenvalue weighted by Crippen LogP contribution is -2.17. The van der Waals surface area contributed by atoms with E-state index in [0.29, 0.717) is 32.8 Å². The molecular weight excluding hydrogens is 313 g/mol. The monoisotopic (exact) mass is 325 g/mol. The summed E-state index contributed by atoms with van der Waals surface area (Å²) in [5.41, 5.74) is 7.43. The van der Waals surface area contributed by atoms with E-state index < -0.39 is 0 Å². The van der Waals surface area contributed by atoms with Crippen molar-refractivity contribution < 1.29 is 9.94 Å². The number of halogens is 2. The standard InChI is InChI=1S/C14H13Cl2N3O2/c1-7-5-12(13(8(2)18-7)14(17)19-20)21-11-4-3-9(15)6-10(11)16/h3-6,20H,1-2H3,(H2,17,19). The van der Waals surface area contributed by atoms with E-state index in [1.807, 2.05) is 6.92 Å².